The zero-order valence-corrected chi connectivity index (χ0v) is 16.2. The van der Waals surface area contributed by atoms with Crippen molar-refractivity contribution >= 4 is 44.9 Å². The molecule has 7 nitrogen and oxygen atoms in total. The van der Waals surface area contributed by atoms with Gasteiger partial charge in [-0.05, 0) is 35.7 Å². The minimum absolute atomic E-state index is 0.116. The number of nitrogens with zero attached hydrogens (tertiary/aromatic N) is 4. The van der Waals surface area contributed by atoms with Gasteiger partial charge in [0.05, 0.1) is 18.3 Å². The number of amides is 1. The molecule has 5 heterocycles. The first kappa shape index (κ1) is 17.2. The highest BCUT2D eigenvalue weighted by Crippen LogP contribution is 2.34. The summed E-state index contributed by atoms with van der Waals surface area (Å²) in [5, 5.41) is 9.76. The average molecular weight is 410 g/mol. The van der Waals surface area contributed by atoms with E-state index < -0.39 is 0 Å². The van der Waals surface area contributed by atoms with Crippen LogP contribution < -0.4 is 0 Å². The van der Waals surface area contributed by atoms with Gasteiger partial charge < -0.3 is 8.83 Å². The average Bonchev–Trinajstić information content (AvgIpc) is 3.49. The molecule has 4 aromatic heterocycles. The van der Waals surface area contributed by atoms with Gasteiger partial charge in [-0.1, -0.05) is 11.8 Å². The Morgan fingerprint density at radius 2 is 2.11 bits per heavy atom. The third-order valence-electron chi connectivity index (χ3n) is 4.40. The summed E-state index contributed by atoms with van der Waals surface area (Å²) >= 11 is 2.94. The van der Waals surface area contributed by atoms with Gasteiger partial charge in [-0.2, -0.15) is 5.10 Å². The normalized spacial score (nSPS) is 16.6. The predicted octanol–water partition coefficient (Wildman–Crippen LogP) is 4.35. The number of hydrogen-bond acceptors (Lipinski definition) is 8. The number of carbonyl (C=O) groups is 1. The van der Waals surface area contributed by atoms with Crippen molar-refractivity contribution in [1.82, 2.24) is 15.0 Å². The Balaban J connectivity index is 1.38. The third kappa shape index (κ3) is 3.12. The topological polar surface area (TPSA) is 84.7 Å². The van der Waals surface area contributed by atoms with E-state index in [0.717, 1.165) is 21.0 Å². The second kappa shape index (κ2) is 7.25. The molecule has 0 N–H and O–H groups in total. The lowest BCUT2D eigenvalue weighted by Crippen LogP contribution is -2.28. The molecule has 5 rings (SSSR count). The molecule has 0 spiro atoms. The van der Waals surface area contributed by atoms with Crippen LogP contribution in [0.4, 0.5) is 0 Å². The fourth-order valence-electron chi connectivity index (χ4n) is 3.11. The molecule has 0 bridgehead atoms. The van der Waals surface area contributed by atoms with Crippen molar-refractivity contribution in [2.75, 3.05) is 5.75 Å². The molecule has 140 valence electrons. The highest BCUT2D eigenvalue weighted by Gasteiger charge is 2.35. The SMILES string of the molecule is O=C(CSc1ncnc2sccc12)N1N=C(c2ccco2)C[C@@H]1c1ccco1. The van der Waals surface area contributed by atoms with Crippen LogP contribution in [0.1, 0.15) is 24.0 Å². The summed E-state index contributed by atoms with van der Waals surface area (Å²) in [4.78, 5) is 22.5. The molecule has 0 saturated carbocycles. The Labute approximate surface area is 168 Å². The smallest absolute Gasteiger partial charge is 0.253 e. The molecule has 1 atom stereocenters. The van der Waals surface area contributed by atoms with E-state index in [2.05, 4.69) is 15.1 Å². The van der Waals surface area contributed by atoms with E-state index in [4.69, 9.17) is 8.83 Å². The van der Waals surface area contributed by atoms with Crippen LogP contribution in [0.25, 0.3) is 10.2 Å². The zero-order chi connectivity index (χ0) is 18.9. The molecule has 4 aromatic rings. The molecule has 1 aliphatic heterocycles. The van der Waals surface area contributed by atoms with Crippen LogP contribution in [0.2, 0.25) is 0 Å². The standard InChI is InChI=1S/C19H14N4O3S2/c24-17(10-28-19-12-5-8-27-18(12)20-11-21-19)23-14(16-4-2-7-26-16)9-13(22-23)15-3-1-6-25-15/h1-8,11,14H,9-10H2/t14-/m1/s1. The number of thioether (sulfide) groups is 1. The van der Waals surface area contributed by atoms with Crippen LogP contribution in [0.5, 0.6) is 0 Å². The lowest BCUT2D eigenvalue weighted by molar-refractivity contribution is -0.130. The van der Waals surface area contributed by atoms with Crippen molar-refractivity contribution in [1.29, 1.82) is 0 Å². The van der Waals surface area contributed by atoms with Crippen LogP contribution in [0.15, 0.2) is 73.5 Å². The molecule has 1 amide bonds. The first-order chi connectivity index (χ1) is 13.8. The number of hydrogen-bond donors (Lipinski definition) is 0. The van der Waals surface area contributed by atoms with Crippen LogP contribution in [0.3, 0.4) is 0 Å². The van der Waals surface area contributed by atoms with E-state index in [1.165, 1.54) is 23.1 Å². The summed E-state index contributed by atoms with van der Waals surface area (Å²) < 4.78 is 11.0. The van der Waals surface area contributed by atoms with E-state index in [-0.39, 0.29) is 17.7 Å². The van der Waals surface area contributed by atoms with Crippen molar-refractivity contribution in [3.63, 3.8) is 0 Å². The number of rotatable bonds is 5. The van der Waals surface area contributed by atoms with Crippen molar-refractivity contribution in [2.24, 2.45) is 5.10 Å². The van der Waals surface area contributed by atoms with Gasteiger partial charge in [0.1, 0.15) is 39.5 Å². The van der Waals surface area contributed by atoms with Crippen molar-refractivity contribution < 1.29 is 13.6 Å². The number of carbonyl (C=O) groups excluding carboxylic acids is 1. The minimum Gasteiger partial charge on any atom is -0.467 e. The quantitative estimate of drug-likeness (QED) is 0.359. The Kier molecular flexibility index (Phi) is 4.46. The van der Waals surface area contributed by atoms with Crippen LogP contribution >= 0.6 is 23.1 Å². The summed E-state index contributed by atoms with van der Waals surface area (Å²) in [6.45, 7) is 0. The monoisotopic (exact) mass is 410 g/mol. The zero-order valence-electron chi connectivity index (χ0n) is 14.5. The fraction of sp³-hybridized carbons (Fsp3) is 0.158. The summed E-state index contributed by atoms with van der Waals surface area (Å²) in [5.41, 5.74) is 0.729. The van der Waals surface area contributed by atoms with E-state index >= 15 is 0 Å². The molecule has 0 radical (unpaired) electrons. The first-order valence-electron chi connectivity index (χ1n) is 8.57. The maximum atomic E-state index is 13.0. The van der Waals surface area contributed by atoms with Crippen LogP contribution in [0, 0.1) is 0 Å². The summed E-state index contributed by atoms with van der Waals surface area (Å²) in [5.74, 6) is 1.46. The molecular weight excluding hydrogens is 396 g/mol. The number of aromatic nitrogens is 2. The molecule has 0 aliphatic carbocycles. The van der Waals surface area contributed by atoms with E-state index in [0.29, 0.717) is 17.9 Å². The van der Waals surface area contributed by atoms with Crippen molar-refractivity contribution in [2.45, 2.75) is 17.5 Å². The molecule has 0 unspecified atom stereocenters. The van der Waals surface area contributed by atoms with E-state index in [1.807, 2.05) is 29.6 Å². The molecule has 1 aliphatic rings. The summed E-state index contributed by atoms with van der Waals surface area (Å²) in [7, 11) is 0. The second-order valence-electron chi connectivity index (χ2n) is 6.10. The van der Waals surface area contributed by atoms with Gasteiger partial charge >= 0.3 is 0 Å². The van der Waals surface area contributed by atoms with E-state index in [9.17, 15) is 4.79 Å². The summed E-state index contributed by atoms with van der Waals surface area (Å²) in [6, 6.07) is 9.01. The van der Waals surface area contributed by atoms with Gasteiger partial charge in [-0.3, -0.25) is 4.79 Å². The van der Waals surface area contributed by atoms with Gasteiger partial charge in [0, 0.05) is 11.8 Å². The molecule has 0 saturated heterocycles. The number of furan rings is 2. The number of thiophene rings is 1. The minimum atomic E-state index is -0.283. The van der Waals surface area contributed by atoms with Crippen LogP contribution in [-0.2, 0) is 4.79 Å². The Hall–Kier alpha value is -2.91. The predicted molar refractivity (Wildman–Crippen MR) is 106 cm³/mol. The lowest BCUT2D eigenvalue weighted by atomic mass is 10.1. The van der Waals surface area contributed by atoms with Crippen LogP contribution in [-0.4, -0.2) is 32.3 Å². The Bertz CT molecular complexity index is 1140. The van der Waals surface area contributed by atoms with E-state index in [1.54, 1.807) is 29.9 Å². The molecule has 9 heteroatoms. The first-order valence-corrected chi connectivity index (χ1v) is 10.4. The largest absolute Gasteiger partial charge is 0.467 e. The highest BCUT2D eigenvalue weighted by molar-refractivity contribution is 8.00. The van der Waals surface area contributed by atoms with Gasteiger partial charge in [-0.25, -0.2) is 15.0 Å². The number of fused-ring (bicyclic) bond motifs is 1. The molecular formula is C19H14N4O3S2. The maximum Gasteiger partial charge on any atom is 0.253 e. The summed E-state index contributed by atoms with van der Waals surface area (Å²) in [6.07, 6.45) is 5.27. The molecule has 0 aromatic carbocycles. The van der Waals surface area contributed by atoms with Crippen molar-refractivity contribution in [3.05, 3.63) is 66.1 Å². The Morgan fingerprint density at radius 3 is 2.93 bits per heavy atom. The van der Waals surface area contributed by atoms with Crippen molar-refractivity contribution in [3.8, 4) is 0 Å². The third-order valence-corrected chi connectivity index (χ3v) is 6.21. The lowest BCUT2D eigenvalue weighted by Gasteiger charge is -2.19. The van der Waals surface area contributed by atoms with Gasteiger partial charge in [0.2, 0.25) is 0 Å². The number of hydrazone groups is 1. The maximum absolute atomic E-state index is 13.0. The highest BCUT2D eigenvalue weighted by atomic mass is 32.2. The Morgan fingerprint density at radius 1 is 1.21 bits per heavy atom. The fourth-order valence-corrected chi connectivity index (χ4v) is 4.74. The molecule has 0 fully saturated rings. The van der Waals surface area contributed by atoms with Gasteiger partial charge in [0.15, 0.2) is 0 Å². The molecule has 28 heavy (non-hydrogen) atoms. The van der Waals surface area contributed by atoms with Gasteiger partial charge in [0.25, 0.3) is 5.91 Å². The second-order valence-corrected chi connectivity index (χ2v) is 7.96. The van der Waals surface area contributed by atoms with Gasteiger partial charge in [-0.15, -0.1) is 11.3 Å².